The van der Waals surface area contributed by atoms with Crippen LogP contribution in [0.1, 0.15) is 251 Å². The number of ether oxygens (including phenoxy) is 4. The Labute approximate surface area is 374 Å². The average molecular weight is 857 g/mol. The van der Waals surface area contributed by atoms with Gasteiger partial charge >= 0.3 is 23.9 Å². The van der Waals surface area contributed by atoms with Crippen molar-refractivity contribution in [1.29, 1.82) is 0 Å². The molecule has 0 N–H and O–H groups in total. The van der Waals surface area contributed by atoms with Crippen molar-refractivity contribution < 1.29 is 38.1 Å². The van der Waals surface area contributed by atoms with Gasteiger partial charge in [0.25, 0.3) is 0 Å². The molecule has 0 aliphatic heterocycles. The lowest BCUT2D eigenvalue weighted by molar-refractivity contribution is -0.167. The highest BCUT2D eigenvalue weighted by Gasteiger charge is 2.26. The standard InChI is InChI=1S/C53H92O8/c1-9-11-13-15-17-19-21-23-25-27-29-31-33-35-48(54)58-41-46(42-59-49(55)36-34-32-30-28-26-24-22-20-18-16-14-12-10-2)60-50(56)39-44(4)40-51(57)61-47-38-43(3)37-45(5)52(47)53(6,7)8/h37-38,44,46H,9-36,39-42H2,1-8H3. The molecule has 0 spiro atoms. The summed E-state index contributed by atoms with van der Waals surface area (Å²) < 4.78 is 22.7. The van der Waals surface area contributed by atoms with Crippen LogP contribution < -0.4 is 4.74 Å². The van der Waals surface area contributed by atoms with E-state index in [-0.39, 0.29) is 49.3 Å². The molecule has 352 valence electrons. The summed E-state index contributed by atoms with van der Waals surface area (Å²) in [5.41, 5.74) is 2.83. The second kappa shape index (κ2) is 35.5. The molecule has 1 atom stereocenters. The molecule has 1 rings (SSSR count). The summed E-state index contributed by atoms with van der Waals surface area (Å²) in [5.74, 6) is -1.48. The maximum atomic E-state index is 13.1. The van der Waals surface area contributed by atoms with E-state index < -0.39 is 18.0 Å². The zero-order chi connectivity index (χ0) is 45.1. The summed E-state index contributed by atoms with van der Waals surface area (Å²) >= 11 is 0. The molecule has 0 saturated heterocycles. The summed E-state index contributed by atoms with van der Waals surface area (Å²) in [6.07, 6.45) is 31.5. The van der Waals surface area contributed by atoms with E-state index in [1.165, 1.54) is 128 Å². The second-order valence-electron chi connectivity index (χ2n) is 19.2. The molecule has 0 aromatic heterocycles. The van der Waals surface area contributed by atoms with Crippen molar-refractivity contribution in [2.45, 2.75) is 260 Å². The van der Waals surface area contributed by atoms with Crippen molar-refractivity contribution in [2.24, 2.45) is 5.92 Å². The summed E-state index contributed by atoms with van der Waals surface area (Å²) in [5, 5.41) is 0. The van der Waals surface area contributed by atoms with Crippen LogP contribution in [0, 0.1) is 19.8 Å². The third kappa shape index (κ3) is 30.7. The van der Waals surface area contributed by atoms with Gasteiger partial charge in [-0.2, -0.15) is 0 Å². The van der Waals surface area contributed by atoms with E-state index in [2.05, 4.69) is 40.7 Å². The van der Waals surface area contributed by atoms with E-state index in [9.17, 15) is 19.2 Å². The fourth-order valence-corrected chi connectivity index (χ4v) is 8.22. The van der Waals surface area contributed by atoms with Crippen LogP contribution in [-0.2, 0) is 38.8 Å². The second-order valence-corrected chi connectivity index (χ2v) is 19.2. The molecule has 1 aromatic rings. The lowest BCUT2D eigenvalue weighted by atomic mass is 9.82. The molecule has 0 fully saturated rings. The van der Waals surface area contributed by atoms with Gasteiger partial charge in [-0.3, -0.25) is 19.2 Å². The van der Waals surface area contributed by atoms with Gasteiger partial charge in [0.1, 0.15) is 19.0 Å². The predicted octanol–water partition coefficient (Wildman–Crippen LogP) is 14.9. The van der Waals surface area contributed by atoms with E-state index in [0.717, 1.165) is 55.2 Å². The van der Waals surface area contributed by atoms with Crippen LogP contribution in [0.15, 0.2) is 12.1 Å². The zero-order valence-electron chi connectivity index (χ0n) is 40.7. The largest absolute Gasteiger partial charge is 0.462 e. The minimum absolute atomic E-state index is 0.0264. The number of carbonyl (C=O) groups is 4. The molecule has 8 heteroatoms. The minimum atomic E-state index is -0.928. The first kappa shape index (κ1) is 56.1. The van der Waals surface area contributed by atoms with Crippen LogP contribution in [0.25, 0.3) is 0 Å². The maximum absolute atomic E-state index is 13.1. The Morgan fingerprint density at radius 1 is 0.508 bits per heavy atom. The first-order chi connectivity index (χ1) is 29.3. The average Bonchev–Trinajstić information content (AvgIpc) is 3.18. The normalized spacial score (nSPS) is 12.1. The van der Waals surface area contributed by atoms with Gasteiger partial charge in [0.2, 0.25) is 0 Å². The molecule has 0 amide bonds. The molecule has 1 unspecified atom stereocenters. The smallest absolute Gasteiger partial charge is 0.311 e. The fraction of sp³-hybridized carbons (Fsp3) is 0.811. The molecule has 1 aromatic carbocycles. The van der Waals surface area contributed by atoms with Crippen molar-refractivity contribution in [3.05, 3.63) is 28.8 Å². The molecule has 0 radical (unpaired) electrons. The lowest BCUT2D eigenvalue weighted by Crippen LogP contribution is -2.31. The van der Waals surface area contributed by atoms with Gasteiger partial charge in [-0.15, -0.1) is 0 Å². The number of carbonyl (C=O) groups excluding carboxylic acids is 4. The van der Waals surface area contributed by atoms with Gasteiger partial charge in [-0.25, -0.2) is 0 Å². The van der Waals surface area contributed by atoms with Gasteiger partial charge < -0.3 is 18.9 Å². The maximum Gasteiger partial charge on any atom is 0.311 e. The monoisotopic (exact) mass is 857 g/mol. The van der Waals surface area contributed by atoms with Gasteiger partial charge in [0.15, 0.2) is 6.10 Å². The lowest BCUT2D eigenvalue weighted by Gasteiger charge is -2.25. The Hall–Kier alpha value is -2.90. The number of unbranched alkanes of at least 4 members (excludes halogenated alkanes) is 24. The highest BCUT2D eigenvalue weighted by Crippen LogP contribution is 2.35. The Bertz CT molecular complexity index is 1270. The zero-order valence-corrected chi connectivity index (χ0v) is 40.7. The third-order valence-corrected chi connectivity index (χ3v) is 11.6. The van der Waals surface area contributed by atoms with Crippen molar-refractivity contribution in [1.82, 2.24) is 0 Å². The van der Waals surface area contributed by atoms with Crippen molar-refractivity contribution >= 4 is 23.9 Å². The molecule has 0 aliphatic carbocycles. The number of aryl methyl sites for hydroxylation is 2. The van der Waals surface area contributed by atoms with Crippen LogP contribution in [-0.4, -0.2) is 43.2 Å². The highest BCUT2D eigenvalue weighted by atomic mass is 16.6. The fourth-order valence-electron chi connectivity index (χ4n) is 8.22. The molecule has 0 bridgehead atoms. The van der Waals surface area contributed by atoms with Crippen LogP contribution >= 0.6 is 0 Å². The summed E-state index contributed by atoms with van der Waals surface area (Å²) in [6.45, 7) is 16.2. The number of hydrogen-bond donors (Lipinski definition) is 0. The Kier molecular flexibility index (Phi) is 32.7. The van der Waals surface area contributed by atoms with Crippen molar-refractivity contribution in [2.75, 3.05) is 13.2 Å². The Balaban J connectivity index is 2.55. The first-order valence-electron chi connectivity index (χ1n) is 25.1. The van der Waals surface area contributed by atoms with E-state index in [1.807, 2.05) is 19.9 Å². The topological polar surface area (TPSA) is 105 Å². The van der Waals surface area contributed by atoms with Crippen LogP contribution in [0.5, 0.6) is 5.75 Å². The van der Waals surface area contributed by atoms with Crippen LogP contribution in [0.3, 0.4) is 0 Å². The van der Waals surface area contributed by atoms with Crippen LogP contribution in [0.4, 0.5) is 0 Å². The molecule has 0 aliphatic rings. The summed E-state index contributed by atoms with van der Waals surface area (Å²) in [4.78, 5) is 51.5. The third-order valence-electron chi connectivity index (χ3n) is 11.6. The SMILES string of the molecule is CCCCCCCCCCCCCCCC(=O)OCC(COC(=O)CCCCCCCCCCCCCCC)OC(=O)CC(C)CC(=O)Oc1cc(C)cc(C)c1C(C)(C)C. The molecular weight excluding hydrogens is 765 g/mol. The van der Waals surface area contributed by atoms with E-state index in [0.29, 0.717) is 18.6 Å². The Morgan fingerprint density at radius 3 is 1.25 bits per heavy atom. The number of benzene rings is 1. The van der Waals surface area contributed by atoms with E-state index in [1.54, 1.807) is 6.92 Å². The molecule has 0 saturated carbocycles. The van der Waals surface area contributed by atoms with Gasteiger partial charge in [-0.05, 0) is 55.2 Å². The van der Waals surface area contributed by atoms with Gasteiger partial charge in [0.05, 0.1) is 0 Å². The first-order valence-corrected chi connectivity index (χ1v) is 25.1. The quantitative estimate of drug-likeness (QED) is 0.0280. The Morgan fingerprint density at radius 2 is 0.869 bits per heavy atom. The molecule has 8 nitrogen and oxygen atoms in total. The minimum Gasteiger partial charge on any atom is -0.462 e. The summed E-state index contributed by atoms with van der Waals surface area (Å²) in [7, 11) is 0. The number of rotatable bonds is 38. The number of hydrogen-bond acceptors (Lipinski definition) is 8. The van der Waals surface area contributed by atoms with Gasteiger partial charge in [-0.1, -0.05) is 202 Å². The molecule has 0 heterocycles. The highest BCUT2D eigenvalue weighted by molar-refractivity contribution is 5.75. The summed E-state index contributed by atoms with van der Waals surface area (Å²) in [6, 6.07) is 3.97. The van der Waals surface area contributed by atoms with Gasteiger partial charge in [0, 0.05) is 31.2 Å². The van der Waals surface area contributed by atoms with Crippen molar-refractivity contribution in [3.63, 3.8) is 0 Å². The molecular formula is C53H92O8. The van der Waals surface area contributed by atoms with E-state index in [4.69, 9.17) is 18.9 Å². The van der Waals surface area contributed by atoms with E-state index >= 15 is 0 Å². The van der Waals surface area contributed by atoms with Crippen LogP contribution in [0.2, 0.25) is 0 Å². The molecule has 61 heavy (non-hydrogen) atoms. The predicted molar refractivity (Wildman–Crippen MR) is 251 cm³/mol. The number of esters is 4. The van der Waals surface area contributed by atoms with Crippen molar-refractivity contribution in [3.8, 4) is 5.75 Å².